The summed E-state index contributed by atoms with van der Waals surface area (Å²) in [6.45, 7) is 2.30. The number of piperidine rings is 1. The molecular weight excluding hydrogens is 393 g/mol. The molecule has 1 aliphatic rings. The molecule has 0 saturated carbocycles. The van der Waals surface area contributed by atoms with Gasteiger partial charge in [-0.25, -0.2) is 9.37 Å². The van der Waals surface area contributed by atoms with Crippen molar-refractivity contribution in [3.8, 4) is 17.6 Å². The van der Waals surface area contributed by atoms with Crippen molar-refractivity contribution < 1.29 is 18.7 Å². The molecule has 4 rings (SSSR count). The predicted molar refractivity (Wildman–Crippen MR) is 102 cm³/mol. The summed E-state index contributed by atoms with van der Waals surface area (Å²) >= 11 is 0. The van der Waals surface area contributed by atoms with E-state index < -0.39 is 5.82 Å². The third kappa shape index (κ3) is 4.04. The lowest BCUT2D eigenvalue weighted by molar-refractivity contribution is 0.0371. The molecule has 4 heterocycles. The number of aromatic nitrogens is 6. The number of halogens is 1. The van der Waals surface area contributed by atoms with Gasteiger partial charge in [-0.2, -0.15) is 4.98 Å². The Bertz CT molecular complexity index is 1030. The first-order valence-electron chi connectivity index (χ1n) is 9.42. The Kier molecular flexibility index (Phi) is 5.50. The molecular formula is C19H20FN7O3. The maximum atomic E-state index is 13.4. The smallest absolute Gasteiger partial charge is 0.258 e. The van der Waals surface area contributed by atoms with Crippen LogP contribution in [-0.4, -0.2) is 66.8 Å². The lowest BCUT2D eigenvalue weighted by atomic mass is 10.00. The highest BCUT2D eigenvalue weighted by atomic mass is 19.1. The number of likely N-dealkylation sites (tertiary alicyclic amines) is 1. The van der Waals surface area contributed by atoms with E-state index in [-0.39, 0.29) is 29.8 Å². The van der Waals surface area contributed by atoms with Crippen molar-refractivity contribution in [1.82, 2.24) is 35.1 Å². The van der Waals surface area contributed by atoms with Crippen molar-refractivity contribution in [2.45, 2.75) is 31.9 Å². The Hall–Kier alpha value is -3.63. The van der Waals surface area contributed by atoms with E-state index in [1.165, 1.54) is 36.6 Å². The summed E-state index contributed by atoms with van der Waals surface area (Å²) in [5.74, 6) is 0.0697. The predicted octanol–water partition coefficient (Wildman–Crippen LogP) is 1.67. The van der Waals surface area contributed by atoms with Gasteiger partial charge in [0.25, 0.3) is 5.91 Å². The summed E-state index contributed by atoms with van der Waals surface area (Å²) in [5, 5.41) is 11.5. The quantitative estimate of drug-likeness (QED) is 0.622. The van der Waals surface area contributed by atoms with E-state index in [9.17, 15) is 9.18 Å². The summed E-state index contributed by atoms with van der Waals surface area (Å²) in [5.41, 5.74) is 0.310. The Balaban J connectivity index is 1.59. The Morgan fingerprint density at radius 1 is 1.23 bits per heavy atom. The minimum atomic E-state index is -0.425. The molecule has 11 heteroatoms. The molecule has 1 saturated heterocycles. The van der Waals surface area contributed by atoms with Crippen LogP contribution in [0.4, 0.5) is 4.39 Å². The van der Waals surface area contributed by atoms with Crippen LogP contribution in [0.5, 0.6) is 11.8 Å². The molecule has 0 aromatic carbocycles. The second-order valence-electron chi connectivity index (χ2n) is 6.89. The van der Waals surface area contributed by atoms with Crippen molar-refractivity contribution in [3.63, 3.8) is 0 Å². The number of hydrogen-bond donors (Lipinski definition) is 0. The molecule has 0 N–H and O–H groups in total. The third-order valence-electron chi connectivity index (χ3n) is 4.91. The van der Waals surface area contributed by atoms with Crippen LogP contribution >= 0.6 is 0 Å². The fraction of sp³-hybridized carbons (Fsp3) is 0.368. The van der Waals surface area contributed by atoms with Gasteiger partial charge in [0.1, 0.15) is 11.9 Å². The largest absolute Gasteiger partial charge is 0.481 e. The average Bonchev–Trinajstić information content (AvgIpc) is 3.29. The molecule has 1 amide bonds. The Labute approximate surface area is 171 Å². The third-order valence-corrected chi connectivity index (χ3v) is 4.91. The van der Waals surface area contributed by atoms with Gasteiger partial charge in [0.15, 0.2) is 12.1 Å². The van der Waals surface area contributed by atoms with Gasteiger partial charge in [0.2, 0.25) is 11.8 Å². The van der Waals surface area contributed by atoms with Gasteiger partial charge in [-0.1, -0.05) is 0 Å². The molecule has 0 spiro atoms. The number of pyridine rings is 2. The van der Waals surface area contributed by atoms with Crippen molar-refractivity contribution in [1.29, 1.82) is 0 Å². The van der Waals surface area contributed by atoms with Gasteiger partial charge in [-0.15, -0.1) is 15.0 Å². The van der Waals surface area contributed by atoms with E-state index in [4.69, 9.17) is 9.47 Å². The average molecular weight is 413 g/mol. The fourth-order valence-corrected chi connectivity index (χ4v) is 3.36. The van der Waals surface area contributed by atoms with Gasteiger partial charge < -0.3 is 14.4 Å². The molecule has 3 aromatic rings. The van der Waals surface area contributed by atoms with E-state index in [0.29, 0.717) is 18.0 Å². The first-order chi connectivity index (χ1) is 14.5. The van der Waals surface area contributed by atoms with E-state index in [0.717, 1.165) is 12.8 Å². The number of carbonyl (C=O) groups is 1. The summed E-state index contributed by atoms with van der Waals surface area (Å²) in [6, 6.07) is 5.69. The van der Waals surface area contributed by atoms with Crippen molar-refractivity contribution in [3.05, 3.63) is 48.2 Å². The maximum Gasteiger partial charge on any atom is 0.258 e. The second-order valence-corrected chi connectivity index (χ2v) is 6.89. The first-order valence-corrected chi connectivity index (χ1v) is 9.42. The molecule has 1 aliphatic heterocycles. The number of amides is 1. The van der Waals surface area contributed by atoms with E-state index in [1.54, 1.807) is 17.0 Å². The minimum absolute atomic E-state index is 0.0172. The lowest BCUT2D eigenvalue weighted by Gasteiger charge is -2.37. The van der Waals surface area contributed by atoms with Gasteiger partial charge in [-0.05, 0) is 37.1 Å². The fourth-order valence-electron chi connectivity index (χ4n) is 3.36. The maximum absolute atomic E-state index is 13.4. The molecule has 2 atom stereocenters. The number of nitrogens with zero attached hydrogens (tertiary/aromatic N) is 7. The monoisotopic (exact) mass is 413 g/mol. The zero-order chi connectivity index (χ0) is 21.1. The molecule has 0 radical (unpaired) electrons. The first kappa shape index (κ1) is 19.7. The number of ether oxygens (including phenoxy) is 2. The molecule has 30 heavy (non-hydrogen) atoms. The van der Waals surface area contributed by atoms with Crippen molar-refractivity contribution in [2.75, 3.05) is 13.7 Å². The topological polar surface area (TPSA) is 108 Å². The van der Waals surface area contributed by atoms with Crippen LogP contribution < -0.4 is 9.47 Å². The summed E-state index contributed by atoms with van der Waals surface area (Å²) < 4.78 is 24.4. The SMILES string of the molecule is COc1ccc(C(=O)N2C[C@H](Oc3cc(F)ccn3)CC[C@H]2C)c(-n2ncnn2)n1. The zero-order valence-electron chi connectivity index (χ0n) is 16.5. The van der Waals surface area contributed by atoms with Crippen LogP contribution in [-0.2, 0) is 0 Å². The molecule has 3 aromatic heterocycles. The highest BCUT2D eigenvalue weighted by Gasteiger charge is 2.33. The molecule has 0 aliphatic carbocycles. The molecule has 156 valence electrons. The highest BCUT2D eigenvalue weighted by Crippen LogP contribution is 2.25. The second kappa shape index (κ2) is 8.39. The number of rotatable bonds is 5. The summed E-state index contributed by atoms with van der Waals surface area (Å²) in [7, 11) is 1.48. The van der Waals surface area contributed by atoms with Crippen LogP contribution in [0.25, 0.3) is 5.82 Å². The van der Waals surface area contributed by atoms with Crippen molar-refractivity contribution in [2.24, 2.45) is 0 Å². The van der Waals surface area contributed by atoms with E-state index in [1.807, 2.05) is 6.92 Å². The number of hydrogen-bond acceptors (Lipinski definition) is 8. The van der Waals surface area contributed by atoms with Gasteiger partial charge in [0, 0.05) is 24.4 Å². The lowest BCUT2D eigenvalue weighted by Crippen LogP contribution is -2.49. The van der Waals surface area contributed by atoms with Crippen LogP contribution in [0.1, 0.15) is 30.1 Å². The molecule has 1 fully saturated rings. The number of methoxy groups -OCH3 is 1. The highest BCUT2D eigenvalue weighted by molar-refractivity contribution is 5.97. The number of tetrazole rings is 1. The standard InChI is InChI=1S/C19H20FN7O3/c1-12-3-4-14(30-17-9-13(20)7-8-21-17)10-26(12)19(28)15-5-6-16(29-2)24-18(15)27-23-11-22-25-27/h5-9,11-12,14H,3-4,10H2,1-2H3/t12-,14-/m1/s1. The Morgan fingerprint density at radius 2 is 2.10 bits per heavy atom. The van der Waals surface area contributed by atoms with Crippen molar-refractivity contribution >= 4 is 5.91 Å². The van der Waals surface area contributed by atoms with E-state index >= 15 is 0 Å². The Morgan fingerprint density at radius 3 is 2.83 bits per heavy atom. The van der Waals surface area contributed by atoms with E-state index in [2.05, 4.69) is 25.4 Å². The van der Waals surface area contributed by atoms with Crippen LogP contribution in [0.2, 0.25) is 0 Å². The van der Waals surface area contributed by atoms with Crippen LogP contribution in [0, 0.1) is 5.82 Å². The minimum Gasteiger partial charge on any atom is -0.481 e. The molecule has 0 unspecified atom stereocenters. The van der Waals surface area contributed by atoms with Gasteiger partial charge in [0.05, 0.1) is 19.2 Å². The van der Waals surface area contributed by atoms with Gasteiger partial charge >= 0.3 is 0 Å². The zero-order valence-corrected chi connectivity index (χ0v) is 16.5. The number of carbonyl (C=O) groups excluding carboxylic acids is 1. The molecule has 10 nitrogen and oxygen atoms in total. The van der Waals surface area contributed by atoms with Crippen LogP contribution in [0.3, 0.4) is 0 Å². The summed E-state index contributed by atoms with van der Waals surface area (Å²) in [6.07, 6.45) is 3.75. The molecule has 0 bridgehead atoms. The normalized spacial score (nSPS) is 18.8. The van der Waals surface area contributed by atoms with Gasteiger partial charge in [-0.3, -0.25) is 4.79 Å². The van der Waals surface area contributed by atoms with Crippen LogP contribution in [0.15, 0.2) is 36.8 Å². The summed E-state index contributed by atoms with van der Waals surface area (Å²) in [4.78, 5) is 24.6.